The normalized spacial score (nSPS) is 9.76. The number of carboxylic acid groups (broad SMARTS) is 1. The largest absolute Gasteiger partial charge is 0.481 e. The minimum Gasteiger partial charge on any atom is -0.481 e. The highest BCUT2D eigenvalue weighted by molar-refractivity contribution is 5.90. The minimum atomic E-state index is -1.01. The number of para-hydroxylation sites is 1. The molecule has 1 rings (SSSR count). The van der Waals surface area contributed by atoms with Gasteiger partial charge in [0.25, 0.3) is 0 Å². The van der Waals surface area contributed by atoms with Gasteiger partial charge in [-0.3, -0.25) is 4.79 Å². The number of anilines is 1. The number of benzene rings is 1. The summed E-state index contributed by atoms with van der Waals surface area (Å²) < 4.78 is 13.3. The summed E-state index contributed by atoms with van der Waals surface area (Å²) in [5, 5.41) is 13.0. The number of amides is 2. The van der Waals surface area contributed by atoms with E-state index in [-0.39, 0.29) is 18.7 Å². The average Bonchev–Trinajstić information content (AvgIpc) is 2.23. The zero-order valence-electron chi connectivity index (χ0n) is 9.29. The third-order valence-electron chi connectivity index (χ3n) is 2.08. The molecule has 0 aliphatic heterocycles. The van der Waals surface area contributed by atoms with Crippen LogP contribution in [0.25, 0.3) is 0 Å². The van der Waals surface area contributed by atoms with E-state index >= 15 is 0 Å². The highest BCUT2D eigenvalue weighted by Crippen LogP contribution is 2.18. The van der Waals surface area contributed by atoms with Crippen LogP contribution in [0.1, 0.15) is 12.0 Å². The van der Waals surface area contributed by atoms with Crippen LogP contribution in [0.2, 0.25) is 0 Å². The van der Waals surface area contributed by atoms with Crippen LogP contribution in [-0.2, 0) is 4.79 Å². The molecule has 0 heterocycles. The minimum absolute atomic E-state index is 0.00529. The zero-order valence-corrected chi connectivity index (χ0v) is 9.29. The zero-order chi connectivity index (χ0) is 12.8. The highest BCUT2D eigenvalue weighted by Gasteiger charge is 2.08. The molecule has 0 fully saturated rings. The van der Waals surface area contributed by atoms with E-state index in [1.165, 1.54) is 12.1 Å². The van der Waals surface area contributed by atoms with Crippen molar-refractivity contribution in [1.29, 1.82) is 0 Å². The number of hydrogen-bond donors (Lipinski definition) is 3. The maximum absolute atomic E-state index is 13.3. The highest BCUT2D eigenvalue weighted by atomic mass is 19.1. The molecule has 0 saturated carbocycles. The van der Waals surface area contributed by atoms with Gasteiger partial charge in [-0.25, -0.2) is 9.18 Å². The monoisotopic (exact) mass is 240 g/mol. The molecule has 6 heteroatoms. The van der Waals surface area contributed by atoms with Crippen LogP contribution in [0, 0.1) is 12.7 Å². The molecule has 0 aliphatic carbocycles. The first-order valence-electron chi connectivity index (χ1n) is 5.02. The number of carboxylic acids is 1. The molecular weight excluding hydrogens is 227 g/mol. The Hall–Kier alpha value is -2.11. The third kappa shape index (κ3) is 4.10. The van der Waals surface area contributed by atoms with Crippen LogP contribution < -0.4 is 10.6 Å². The molecule has 0 radical (unpaired) electrons. The van der Waals surface area contributed by atoms with E-state index in [1.807, 2.05) is 0 Å². The topological polar surface area (TPSA) is 78.4 Å². The summed E-state index contributed by atoms with van der Waals surface area (Å²) in [6.07, 6.45) is -0.177. The summed E-state index contributed by atoms with van der Waals surface area (Å²) in [6, 6.07) is 3.81. The van der Waals surface area contributed by atoms with E-state index in [2.05, 4.69) is 10.6 Å². The van der Waals surface area contributed by atoms with Gasteiger partial charge in [0.2, 0.25) is 0 Å². The fraction of sp³-hybridized carbons (Fsp3) is 0.273. The van der Waals surface area contributed by atoms with Crippen molar-refractivity contribution in [3.63, 3.8) is 0 Å². The average molecular weight is 240 g/mol. The molecule has 0 unspecified atom stereocenters. The Morgan fingerprint density at radius 1 is 1.41 bits per heavy atom. The lowest BCUT2D eigenvalue weighted by Gasteiger charge is -2.09. The molecule has 0 spiro atoms. The van der Waals surface area contributed by atoms with Gasteiger partial charge in [0.05, 0.1) is 12.1 Å². The molecule has 3 N–H and O–H groups in total. The van der Waals surface area contributed by atoms with Crippen LogP contribution in [0.15, 0.2) is 18.2 Å². The quantitative estimate of drug-likeness (QED) is 0.749. The summed E-state index contributed by atoms with van der Waals surface area (Å²) in [7, 11) is 0. The van der Waals surface area contributed by atoms with Crippen molar-refractivity contribution in [2.75, 3.05) is 11.9 Å². The van der Waals surface area contributed by atoms with Crippen LogP contribution in [0.4, 0.5) is 14.9 Å². The van der Waals surface area contributed by atoms with Crippen molar-refractivity contribution >= 4 is 17.7 Å². The van der Waals surface area contributed by atoms with Gasteiger partial charge in [-0.1, -0.05) is 12.1 Å². The summed E-state index contributed by atoms with van der Waals surface area (Å²) in [5.74, 6) is -1.54. The standard InChI is InChI=1S/C11H13FN2O3/c1-7-3-2-4-8(12)10(7)14-11(17)13-6-5-9(15)16/h2-4H,5-6H2,1H3,(H,15,16)(H2,13,14,17). The second kappa shape index (κ2) is 5.83. The summed E-state index contributed by atoms with van der Waals surface area (Å²) in [5.41, 5.74) is 0.693. The molecule has 1 aromatic carbocycles. The first-order chi connectivity index (χ1) is 8.00. The van der Waals surface area contributed by atoms with Crippen molar-refractivity contribution in [2.45, 2.75) is 13.3 Å². The molecule has 0 aromatic heterocycles. The smallest absolute Gasteiger partial charge is 0.319 e. The molecule has 5 nitrogen and oxygen atoms in total. The fourth-order valence-electron chi connectivity index (χ4n) is 1.23. The van der Waals surface area contributed by atoms with Crippen LogP contribution in [-0.4, -0.2) is 23.7 Å². The lowest BCUT2D eigenvalue weighted by atomic mass is 10.2. The van der Waals surface area contributed by atoms with E-state index in [0.29, 0.717) is 5.56 Å². The van der Waals surface area contributed by atoms with E-state index in [0.717, 1.165) is 0 Å². The molecule has 0 saturated heterocycles. The molecule has 0 bridgehead atoms. The Morgan fingerprint density at radius 2 is 2.12 bits per heavy atom. The molecule has 0 atom stereocenters. The van der Waals surface area contributed by atoms with Gasteiger partial charge < -0.3 is 15.7 Å². The number of urea groups is 1. The molecule has 2 amide bonds. The van der Waals surface area contributed by atoms with Crippen molar-refractivity contribution in [2.24, 2.45) is 0 Å². The molecule has 0 aliphatic rings. The Labute approximate surface area is 97.6 Å². The molecule has 92 valence electrons. The van der Waals surface area contributed by atoms with Crippen molar-refractivity contribution < 1.29 is 19.1 Å². The molecule has 1 aromatic rings. The number of carbonyl (C=O) groups is 2. The second-order valence-electron chi connectivity index (χ2n) is 3.46. The fourth-order valence-corrected chi connectivity index (χ4v) is 1.23. The number of hydrogen-bond acceptors (Lipinski definition) is 2. The van der Waals surface area contributed by atoms with Gasteiger partial charge >= 0.3 is 12.0 Å². The van der Waals surface area contributed by atoms with E-state index in [4.69, 9.17) is 5.11 Å². The number of rotatable bonds is 4. The first-order valence-corrected chi connectivity index (χ1v) is 5.02. The maximum Gasteiger partial charge on any atom is 0.319 e. The number of halogens is 1. The predicted molar refractivity (Wildman–Crippen MR) is 60.4 cm³/mol. The Morgan fingerprint density at radius 3 is 2.71 bits per heavy atom. The van der Waals surface area contributed by atoms with Gasteiger partial charge in [-0.15, -0.1) is 0 Å². The first kappa shape index (κ1) is 13.0. The van der Waals surface area contributed by atoms with Gasteiger partial charge in [-0.05, 0) is 18.6 Å². The molecule has 17 heavy (non-hydrogen) atoms. The van der Waals surface area contributed by atoms with Crippen LogP contribution >= 0.6 is 0 Å². The Bertz CT molecular complexity index is 414. The second-order valence-corrected chi connectivity index (χ2v) is 3.46. The third-order valence-corrected chi connectivity index (χ3v) is 2.08. The van der Waals surface area contributed by atoms with E-state index in [1.54, 1.807) is 13.0 Å². The number of nitrogens with one attached hydrogen (secondary N) is 2. The lowest BCUT2D eigenvalue weighted by Crippen LogP contribution is -2.31. The SMILES string of the molecule is Cc1cccc(F)c1NC(=O)NCCC(=O)O. The van der Waals surface area contributed by atoms with Crippen molar-refractivity contribution in [3.05, 3.63) is 29.6 Å². The maximum atomic E-state index is 13.3. The Balaban J connectivity index is 2.53. The lowest BCUT2D eigenvalue weighted by molar-refractivity contribution is -0.136. The van der Waals surface area contributed by atoms with Gasteiger partial charge in [0, 0.05) is 6.54 Å². The summed E-state index contributed by atoms with van der Waals surface area (Å²) in [4.78, 5) is 21.5. The van der Waals surface area contributed by atoms with Crippen molar-refractivity contribution in [1.82, 2.24) is 5.32 Å². The number of aryl methyl sites for hydroxylation is 1. The van der Waals surface area contributed by atoms with Gasteiger partial charge in [-0.2, -0.15) is 0 Å². The van der Waals surface area contributed by atoms with Gasteiger partial charge in [0.1, 0.15) is 5.82 Å². The van der Waals surface area contributed by atoms with Crippen LogP contribution in [0.3, 0.4) is 0 Å². The van der Waals surface area contributed by atoms with E-state index < -0.39 is 17.8 Å². The summed E-state index contributed by atoms with van der Waals surface area (Å²) >= 11 is 0. The molecular formula is C11H13FN2O3. The van der Waals surface area contributed by atoms with E-state index in [9.17, 15) is 14.0 Å². The Kier molecular flexibility index (Phi) is 4.45. The number of carbonyl (C=O) groups excluding carboxylic acids is 1. The van der Waals surface area contributed by atoms with Crippen molar-refractivity contribution in [3.8, 4) is 0 Å². The van der Waals surface area contributed by atoms with Crippen LogP contribution in [0.5, 0.6) is 0 Å². The number of aliphatic carboxylic acids is 1. The van der Waals surface area contributed by atoms with Gasteiger partial charge in [0.15, 0.2) is 0 Å². The predicted octanol–water partition coefficient (Wildman–Crippen LogP) is 1.73. The summed E-state index contributed by atoms with van der Waals surface area (Å²) in [6.45, 7) is 1.66.